The number of fused-ring (bicyclic) bond motifs is 8. The van der Waals surface area contributed by atoms with E-state index < -0.39 is 0 Å². The molecule has 3 aromatic heterocycles. The largest absolute Gasteiger partial charge is 0.340 e. The number of nitrogens with zero attached hydrogens (tertiary/aromatic N) is 4. The quantitative estimate of drug-likeness (QED) is 0.205. The van der Waals surface area contributed by atoms with E-state index >= 15 is 0 Å². The molecule has 48 heavy (non-hydrogen) atoms. The number of H-pyrrole nitrogens is 2. The predicted molar refractivity (Wildman–Crippen MR) is 198 cm³/mol. The molecule has 3 aromatic carbocycles. The molecule has 0 spiro atoms. The lowest BCUT2D eigenvalue weighted by Crippen LogP contribution is -1.94. The molecule has 2 N–H and O–H groups in total. The highest BCUT2D eigenvalue weighted by Gasteiger charge is 2.21. The van der Waals surface area contributed by atoms with Crippen molar-refractivity contribution >= 4 is 46.1 Å². The fourth-order valence-corrected chi connectivity index (χ4v) is 7.38. The highest BCUT2D eigenvalue weighted by Crippen LogP contribution is 2.38. The van der Waals surface area contributed by atoms with Crippen molar-refractivity contribution in [2.24, 2.45) is 0 Å². The molecule has 0 amide bonds. The Kier molecular flexibility index (Phi) is 7.02. The van der Waals surface area contributed by atoms with Crippen LogP contribution in [0.4, 0.5) is 0 Å². The monoisotopic (exact) mass is 624 g/mol. The normalized spacial score (nSPS) is 12.4. The zero-order valence-corrected chi connectivity index (χ0v) is 28.0. The number of aryl methyl sites for hydroxylation is 6. The fraction of sp³-hybridized carbons (Fsp3) is 0.143. The summed E-state index contributed by atoms with van der Waals surface area (Å²) in [4.78, 5) is 27.7. The molecule has 0 aliphatic carbocycles. The minimum Gasteiger partial charge on any atom is -0.340 e. The van der Waals surface area contributed by atoms with Gasteiger partial charge in [-0.2, -0.15) is 0 Å². The maximum Gasteiger partial charge on any atom is 0.162 e. The van der Waals surface area contributed by atoms with Crippen molar-refractivity contribution < 1.29 is 0 Å². The molecule has 6 heteroatoms. The van der Waals surface area contributed by atoms with Crippen LogP contribution < -0.4 is 0 Å². The smallest absolute Gasteiger partial charge is 0.162 e. The summed E-state index contributed by atoms with van der Waals surface area (Å²) >= 11 is 0. The van der Waals surface area contributed by atoms with Crippen molar-refractivity contribution in [3.63, 3.8) is 0 Å². The summed E-state index contributed by atoms with van der Waals surface area (Å²) < 4.78 is 0. The summed E-state index contributed by atoms with van der Waals surface area (Å²) in [5, 5.41) is 0. The maximum absolute atomic E-state index is 5.28. The second kappa shape index (κ2) is 11.4. The molecule has 6 aromatic rings. The lowest BCUT2D eigenvalue weighted by atomic mass is 9.92. The molecule has 0 saturated carbocycles. The van der Waals surface area contributed by atoms with E-state index in [1.54, 1.807) is 0 Å². The van der Waals surface area contributed by atoms with Crippen LogP contribution in [0.2, 0.25) is 0 Å². The van der Waals surface area contributed by atoms with Crippen LogP contribution in [-0.4, -0.2) is 29.9 Å². The van der Waals surface area contributed by atoms with Gasteiger partial charge >= 0.3 is 0 Å². The third kappa shape index (κ3) is 5.16. The number of hydrogen-bond donors (Lipinski definition) is 2. The van der Waals surface area contributed by atoms with Crippen molar-refractivity contribution in [1.82, 2.24) is 29.9 Å². The molecular weight excluding hydrogens is 589 g/mol. The van der Waals surface area contributed by atoms with Crippen molar-refractivity contribution in [2.75, 3.05) is 0 Å². The molecule has 8 rings (SSSR count). The van der Waals surface area contributed by atoms with E-state index in [-0.39, 0.29) is 0 Å². The van der Waals surface area contributed by atoms with Gasteiger partial charge in [0.15, 0.2) is 11.6 Å². The van der Waals surface area contributed by atoms with Gasteiger partial charge in [0.1, 0.15) is 11.3 Å². The van der Waals surface area contributed by atoms with Crippen LogP contribution in [-0.2, 0) is 0 Å². The van der Waals surface area contributed by atoms with E-state index in [2.05, 4.69) is 124 Å². The summed E-state index contributed by atoms with van der Waals surface area (Å²) in [6, 6.07) is 27.5. The number of aromatic amines is 2. The van der Waals surface area contributed by atoms with Crippen LogP contribution in [0.5, 0.6) is 0 Å². The first-order valence-corrected chi connectivity index (χ1v) is 16.3. The topological polar surface area (TPSA) is 83.1 Å². The van der Waals surface area contributed by atoms with Crippen molar-refractivity contribution in [2.45, 2.75) is 41.5 Å². The highest BCUT2D eigenvalue weighted by atomic mass is 15.0. The molecule has 8 bridgehead atoms. The Hall–Kier alpha value is -5.88. The summed E-state index contributed by atoms with van der Waals surface area (Å²) in [6.07, 6.45) is 6.21. The van der Waals surface area contributed by atoms with Crippen molar-refractivity contribution in [3.8, 4) is 22.3 Å². The van der Waals surface area contributed by atoms with Gasteiger partial charge in [0.2, 0.25) is 0 Å². The Labute approximate surface area is 280 Å². The van der Waals surface area contributed by atoms with Crippen LogP contribution >= 0.6 is 0 Å². The summed E-state index contributed by atoms with van der Waals surface area (Å²) in [5.41, 5.74) is 18.6. The number of benzene rings is 3. The molecule has 0 atom stereocenters. The fourth-order valence-electron chi connectivity index (χ4n) is 7.38. The molecule has 0 unspecified atom stereocenters. The van der Waals surface area contributed by atoms with E-state index in [4.69, 9.17) is 19.9 Å². The van der Waals surface area contributed by atoms with Gasteiger partial charge in [0.05, 0.1) is 11.4 Å². The molecule has 0 fully saturated rings. The highest BCUT2D eigenvalue weighted by molar-refractivity contribution is 5.99. The first-order valence-electron chi connectivity index (χ1n) is 16.3. The Balaban J connectivity index is 1.52. The molecular formula is C42H36N6. The molecule has 0 saturated heterocycles. The minimum absolute atomic E-state index is 0.645. The van der Waals surface area contributed by atoms with E-state index in [1.807, 2.05) is 24.3 Å². The van der Waals surface area contributed by atoms with Crippen LogP contribution in [0.1, 0.15) is 62.0 Å². The van der Waals surface area contributed by atoms with Crippen LogP contribution in [0.25, 0.3) is 68.4 Å². The number of aromatic nitrogens is 6. The lowest BCUT2D eigenvalue weighted by molar-refractivity contribution is 1.17. The Morgan fingerprint density at radius 2 is 1.02 bits per heavy atom. The average Bonchev–Trinajstić information content (AvgIpc) is 3.86. The lowest BCUT2D eigenvalue weighted by Gasteiger charge is -2.13. The third-order valence-electron chi connectivity index (χ3n) is 9.17. The molecule has 0 radical (unpaired) electrons. The van der Waals surface area contributed by atoms with Gasteiger partial charge in [-0.15, -0.1) is 0 Å². The van der Waals surface area contributed by atoms with Gasteiger partial charge in [-0.3, -0.25) is 0 Å². The first kappa shape index (κ1) is 29.5. The Bertz CT molecular complexity index is 2460. The zero-order chi connectivity index (χ0) is 33.1. The Morgan fingerprint density at radius 1 is 0.479 bits per heavy atom. The predicted octanol–water partition coefficient (Wildman–Crippen LogP) is 10.0. The molecule has 2 aliphatic heterocycles. The SMILES string of the molecule is Cc1cc(C)c(-c2c3nc(nc4ccc([nH]4)c(-c4c(C)cc(C)cc4C)c4nc(nc5ccc2[nH]5)C=C4)C(c2ccccc2)=C3)c(C)c1. The van der Waals surface area contributed by atoms with Gasteiger partial charge in [-0.25, -0.2) is 19.9 Å². The van der Waals surface area contributed by atoms with Gasteiger partial charge in [0, 0.05) is 27.7 Å². The number of hydrogen-bond acceptors (Lipinski definition) is 4. The van der Waals surface area contributed by atoms with E-state index in [9.17, 15) is 0 Å². The van der Waals surface area contributed by atoms with E-state index in [1.165, 1.54) is 33.4 Å². The summed E-state index contributed by atoms with van der Waals surface area (Å²) in [7, 11) is 0. The summed E-state index contributed by atoms with van der Waals surface area (Å²) in [5.74, 6) is 1.30. The van der Waals surface area contributed by atoms with Crippen LogP contribution in [0, 0.1) is 41.5 Å². The maximum atomic E-state index is 5.28. The second-order valence-corrected chi connectivity index (χ2v) is 13.0. The van der Waals surface area contributed by atoms with Crippen molar-refractivity contribution in [1.29, 1.82) is 0 Å². The number of nitrogens with one attached hydrogen (secondary N) is 2. The average molecular weight is 625 g/mol. The van der Waals surface area contributed by atoms with Crippen LogP contribution in [0.3, 0.4) is 0 Å². The summed E-state index contributed by atoms with van der Waals surface area (Å²) in [6.45, 7) is 12.9. The van der Waals surface area contributed by atoms with Gasteiger partial charge in [-0.05, 0) is 123 Å². The van der Waals surface area contributed by atoms with Crippen molar-refractivity contribution in [3.05, 3.63) is 141 Å². The van der Waals surface area contributed by atoms with E-state index in [0.29, 0.717) is 11.6 Å². The van der Waals surface area contributed by atoms with Crippen LogP contribution in [0.15, 0.2) is 78.9 Å². The minimum atomic E-state index is 0.645. The first-order chi connectivity index (χ1) is 23.2. The molecule has 5 heterocycles. The molecule has 2 aliphatic rings. The molecule has 234 valence electrons. The van der Waals surface area contributed by atoms with E-state index in [0.717, 1.165) is 67.1 Å². The number of rotatable bonds is 3. The van der Waals surface area contributed by atoms with Gasteiger partial charge < -0.3 is 9.97 Å². The standard InChI is InChI=1S/C42H36N6/c1-23-18-25(3)38(26(4)19-23)40-31-12-15-35(43-31)47-36-16-13-33(44-36)41(39-27(5)20-24(2)21-28(39)6)34-22-30(29-10-8-7-9-11-29)42(46-34)48-37-17-14-32(40)45-37/h7-22H,1-6H3,(H,43,44,47)(H,45,46,48). The molecule has 6 nitrogen and oxygen atoms in total. The Morgan fingerprint density at radius 3 is 1.60 bits per heavy atom. The third-order valence-corrected chi connectivity index (χ3v) is 9.17. The van der Waals surface area contributed by atoms with Gasteiger partial charge in [-0.1, -0.05) is 65.7 Å². The second-order valence-electron chi connectivity index (χ2n) is 13.0. The zero-order valence-electron chi connectivity index (χ0n) is 28.0. The van der Waals surface area contributed by atoms with Gasteiger partial charge in [0.25, 0.3) is 0 Å².